The first-order chi connectivity index (χ1) is 16.1. The van der Waals surface area contributed by atoms with Gasteiger partial charge in [0.2, 0.25) is 0 Å². The molecule has 0 aliphatic carbocycles. The highest BCUT2D eigenvalue weighted by Gasteiger charge is 2.40. The van der Waals surface area contributed by atoms with Gasteiger partial charge in [-0.25, -0.2) is 4.68 Å². The molecule has 5 rings (SSSR count). The normalized spacial score (nSPS) is 11.8. The van der Waals surface area contributed by atoms with E-state index in [1.54, 1.807) is 0 Å². The van der Waals surface area contributed by atoms with Crippen LogP contribution in [0.1, 0.15) is 36.2 Å². The molecule has 1 aromatic heterocycles. The number of rotatable bonds is 6. The first-order valence-electron chi connectivity index (χ1n) is 11.4. The SMILES string of the molecule is Cc1nn(C(c2ccccc2)(c2ccccc2)c2ccccc2)c2ccc(OC(C)C)cc12. The highest BCUT2D eigenvalue weighted by Crippen LogP contribution is 2.43. The van der Waals surface area contributed by atoms with Crippen molar-refractivity contribution >= 4 is 10.9 Å². The molecular formula is C30H28N2O. The van der Waals surface area contributed by atoms with Crippen molar-refractivity contribution in [2.45, 2.75) is 32.4 Å². The van der Waals surface area contributed by atoms with Crippen LogP contribution in [-0.4, -0.2) is 15.9 Å². The first kappa shape index (κ1) is 21.0. The Labute approximate surface area is 195 Å². The van der Waals surface area contributed by atoms with Crippen molar-refractivity contribution < 1.29 is 4.74 Å². The van der Waals surface area contributed by atoms with E-state index < -0.39 is 5.54 Å². The maximum absolute atomic E-state index is 5.99. The molecule has 0 unspecified atom stereocenters. The second-order valence-electron chi connectivity index (χ2n) is 8.65. The van der Waals surface area contributed by atoms with Crippen molar-refractivity contribution in [2.24, 2.45) is 0 Å². The number of nitrogens with zero attached hydrogens (tertiary/aromatic N) is 2. The fourth-order valence-corrected chi connectivity index (χ4v) is 4.75. The Morgan fingerprint density at radius 2 is 1.18 bits per heavy atom. The predicted molar refractivity (Wildman–Crippen MR) is 135 cm³/mol. The smallest absolute Gasteiger partial charge is 0.138 e. The van der Waals surface area contributed by atoms with Gasteiger partial charge in [0.1, 0.15) is 11.3 Å². The average Bonchev–Trinajstić information content (AvgIpc) is 3.17. The van der Waals surface area contributed by atoms with Gasteiger partial charge in [-0.2, -0.15) is 5.10 Å². The van der Waals surface area contributed by atoms with Crippen molar-refractivity contribution in [1.29, 1.82) is 0 Å². The number of hydrogen-bond acceptors (Lipinski definition) is 2. The molecule has 0 radical (unpaired) electrons. The molecule has 0 fully saturated rings. The summed E-state index contributed by atoms with van der Waals surface area (Å²) in [6, 6.07) is 38.2. The fourth-order valence-electron chi connectivity index (χ4n) is 4.75. The van der Waals surface area contributed by atoms with Gasteiger partial charge in [0.15, 0.2) is 0 Å². The summed E-state index contributed by atoms with van der Waals surface area (Å²) in [6.45, 7) is 6.17. The van der Waals surface area contributed by atoms with Crippen molar-refractivity contribution in [3.05, 3.63) is 132 Å². The average molecular weight is 433 g/mol. The van der Waals surface area contributed by atoms with Gasteiger partial charge >= 0.3 is 0 Å². The van der Waals surface area contributed by atoms with Gasteiger partial charge in [-0.15, -0.1) is 0 Å². The van der Waals surface area contributed by atoms with E-state index in [1.165, 1.54) is 0 Å². The Kier molecular flexibility index (Phi) is 5.47. The van der Waals surface area contributed by atoms with Crippen molar-refractivity contribution in [3.63, 3.8) is 0 Å². The van der Waals surface area contributed by atoms with E-state index in [0.717, 1.165) is 39.0 Å². The van der Waals surface area contributed by atoms with E-state index in [4.69, 9.17) is 9.84 Å². The Bertz CT molecular complexity index is 1260. The number of ether oxygens (including phenoxy) is 1. The van der Waals surface area contributed by atoms with E-state index in [-0.39, 0.29) is 6.10 Å². The molecule has 0 aliphatic rings. The summed E-state index contributed by atoms with van der Waals surface area (Å²) >= 11 is 0. The highest BCUT2D eigenvalue weighted by molar-refractivity contribution is 5.84. The minimum absolute atomic E-state index is 0.120. The largest absolute Gasteiger partial charge is 0.491 e. The third-order valence-electron chi connectivity index (χ3n) is 6.10. The van der Waals surface area contributed by atoms with Gasteiger partial charge in [-0.05, 0) is 55.7 Å². The summed E-state index contributed by atoms with van der Waals surface area (Å²) in [5.41, 5.74) is 4.90. The predicted octanol–water partition coefficient (Wildman–Crippen LogP) is 6.97. The van der Waals surface area contributed by atoms with Crippen LogP contribution < -0.4 is 4.74 Å². The van der Waals surface area contributed by atoms with E-state index in [1.807, 2.05) is 19.9 Å². The van der Waals surface area contributed by atoms with Crippen LogP contribution in [0.5, 0.6) is 5.75 Å². The summed E-state index contributed by atoms with van der Waals surface area (Å²) in [4.78, 5) is 0. The Morgan fingerprint density at radius 3 is 1.64 bits per heavy atom. The molecule has 33 heavy (non-hydrogen) atoms. The molecule has 0 N–H and O–H groups in total. The Balaban J connectivity index is 1.89. The maximum atomic E-state index is 5.99. The lowest BCUT2D eigenvalue weighted by Crippen LogP contribution is -2.38. The van der Waals surface area contributed by atoms with Gasteiger partial charge < -0.3 is 4.74 Å². The minimum Gasteiger partial charge on any atom is -0.491 e. The van der Waals surface area contributed by atoms with Gasteiger partial charge in [0, 0.05) is 5.39 Å². The van der Waals surface area contributed by atoms with Crippen LogP contribution in [0.3, 0.4) is 0 Å². The summed E-state index contributed by atoms with van der Waals surface area (Å²) in [6.07, 6.45) is 0.120. The molecular weight excluding hydrogens is 404 g/mol. The summed E-state index contributed by atoms with van der Waals surface area (Å²) < 4.78 is 8.18. The quantitative estimate of drug-likeness (QED) is 0.271. The molecule has 0 saturated heterocycles. The monoisotopic (exact) mass is 432 g/mol. The molecule has 164 valence electrons. The van der Waals surface area contributed by atoms with E-state index in [9.17, 15) is 0 Å². The Hall–Kier alpha value is -3.85. The van der Waals surface area contributed by atoms with Crippen LogP contribution in [0.15, 0.2) is 109 Å². The van der Waals surface area contributed by atoms with Crippen LogP contribution >= 0.6 is 0 Å². The van der Waals surface area contributed by atoms with Gasteiger partial charge in [0.25, 0.3) is 0 Å². The van der Waals surface area contributed by atoms with Crippen LogP contribution in [0.4, 0.5) is 0 Å². The van der Waals surface area contributed by atoms with Gasteiger partial charge in [-0.3, -0.25) is 0 Å². The Morgan fingerprint density at radius 1 is 0.697 bits per heavy atom. The summed E-state index contributed by atoms with van der Waals surface area (Å²) in [7, 11) is 0. The molecule has 5 aromatic rings. The molecule has 0 atom stereocenters. The molecule has 4 aromatic carbocycles. The third-order valence-corrected chi connectivity index (χ3v) is 6.10. The lowest BCUT2D eigenvalue weighted by Gasteiger charge is -2.37. The molecule has 0 bridgehead atoms. The molecule has 0 saturated carbocycles. The molecule has 3 heteroatoms. The van der Waals surface area contributed by atoms with E-state index in [2.05, 4.69) is 115 Å². The summed E-state index contributed by atoms with van der Waals surface area (Å²) in [5.74, 6) is 0.866. The molecule has 3 nitrogen and oxygen atoms in total. The standard InChI is InChI=1S/C30H28N2O/c1-22(2)33-27-19-20-29-28(21-27)23(3)31-32(29)30(24-13-7-4-8-14-24,25-15-9-5-10-16-25)26-17-11-6-12-18-26/h4-22H,1-3H3. The molecule has 0 spiro atoms. The van der Waals surface area contributed by atoms with Crippen LogP contribution in [0.2, 0.25) is 0 Å². The highest BCUT2D eigenvalue weighted by atomic mass is 16.5. The number of aryl methyl sites for hydroxylation is 1. The van der Waals surface area contributed by atoms with Crippen molar-refractivity contribution in [3.8, 4) is 5.75 Å². The van der Waals surface area contributed by atoms with Gasteiger partial charge in [-0.1, -0.05) is 91.0 Å². The second-order valence-corrected chi connectivity index (χ2v) is 8.65. The van der Waals surface area contributed by atoms with Gasteiger partial charge in [0.05, 0.1) is 17.3 Å². The topological polar surface area (TPSA) is 27.1 Å². The van der Waals surface area contributed by atoms with Crippen molar-refractivity contribution in [1.82, 2.24) is 9.78 Å². The minimum atomic E-state index is -0.628. The number of fused-ring (bicyclic) bond motifs is 1. The second kappa shape index (κ2) is 8.59. The summed E-state index contributed by atoms with van der Waals surface area (Å²) in [5, 5.41) is 6.27. The van der Waals surface area contributed by atoms with Crippen LogP contribution in [0.25, 0.3) is 10.9 Å². The zero-order valence-corrected chi connectivity index (χ0v) is 19.3. The van der Waals surface area contributed by atoms with Crippen LogP contribution in [-0.2, 0) is 5.54 Å². The fraction of sp³-hybridized carbons (Fsp3) is 0.167. The van der Waals surface area contributed by atoms with E-state index >= 15 is 0 Å². The van der Waals surface area contributed by atoms with Crippen LogP contribution in [0, 0.1) is 6.92 Å². The molecule has 0 amide bonds. The molecule has 1 heterocycles. The molecule has 0 aliphatic heterocycles. The number of aromatic nitrogens is 2. The number of hydrogen-bond donors (Lipinski definition) is 0. The van der Waals surface area contributed by atoms with Crippen molar-refractivity contribution in [2.75, 3.05) is 0 Å². The lowest BCUT2D eigenvalue weighted by molar-refractivity contribution is 0.243. The lowest BCUT2D eigenvalue weighted by atomic mass is 9.77. The zero-order chi connectivity index (χ0) is 22.8. The maximum Gasteiger partial charge on any atom is 0.138 e. The van der Waals surface area contributed by atoms with E-state index in [0.29, 0.717) is 0 Å². The zero-order valence-electron chi connectivity index (χ0n) is 19.3. The number of benzene rings is 4. The first-order valence-corrected chi connectivity index (χ1v) is 11.4. The third kappa shape index (κ3) is 3.60.